The van der Waals surface area contributed by atoms with Crippen molar-refractivity contribution in [2.45, 2.75) is 375 Å². The van der Waals surface area contributed by atoms with E-state index in [1.165, 1.54) is 154 Å². The average molecular weight is 1320 g/mol. The third-order valence-electron chi connectivity index (χ3n) is 18.3. The van der Waals surface area contributed by atoms with E-state index in [4.69, 9.17) is 28.4 Å². The molecule has 3 fully saturated rings. The highest BCUT2D eigenvalue weighted by atomic mass is 16.8. The van der Waals surface area contributed by atoms with Crippen molar-refractivity contribution in [3.63, 3.8) is 0 Å². The third-order valence-corrected chi connectivity index (χ3v) is 18.3. The second kappa shape index (κ2) is 55.4. The summed E-state index contributed by atoms with van der Waals surface area (Å²) in [6.07, 6.45) is 42.2. The number of ether oxygens (including phenoxy) is 6. The maximum absolute atomic E-state index is 13.4. The number of aliphatic hydroxyl groups is 11. The van der Waals surface area contributed by atoms with Crippen LogP contribution in [-0.2, 0) is 33.2 Å². The quantitative estimate of drug-likeness (QED) is 0.0199. The second-order valence-electron chi connectivity index (χ2n) is 26.4. The maximum Gasteiger partial charge on any atom is 0.220 e. The molecule has 542 valence electrons. The van der Waals surface area contributed by atoms with Crippen molar-refractivity contribution >= 4 is 5.91 Å². The molecule has 19 nitrogen and oxygen atoms in total. The van der Waals surface area contributed by atoms with Gasteiger partial charge in [-0.25, -0.2) is 0 Å². The van der Waals surface area contributed by atoms with E-state index >= 15 is 0 Å². The first-order chi connectivity index (χ1) is 45.3. The monoisotopic (exact) mass is 1320 g/mol. The van der Waals surface area contributed by atoms with Gasteiger partial charge in [-0.15, -0.1) is 0 Å². The zero-order chi connectivity index (χ0) is 67.5. The Morgan fingerprint density at radius 1 is 0.387 bits per heavy atom. The van der Waals surface area contributed by atoms with Gasteiger partial charge in [-0.3, -0.25) is 4.79 Å². The van der Waals surface area contributed by atoms with Gasteiger partial charge in [0.25, 0.3) is 0 Å². The fraction of sp³-hybridized carbons (Fsp3) is 0.851. The molecule has 17 unspecified atom stereocenters. The molecular weight excluding hydrogens is 1190 g/mol. The topological polar surface area (TPSA) is 307 Å². The maximum atomic E-state index is 13.4. The predicted molar refractivity (Wildman–Crippen MR) is 365 cm³/mol. The van der Waals surface area contributed by atoms with E-state index in [1.54, 1.807) is 6.08 Å². The molecule has 0 radical (unpaired) electrons. The van der Waals surface area contributed by atoms with Crippen LogP contribution in [0.2, 0.25) is 0 Å². The Balaban J connectivity index is 1.41. The van der Waals surface area contributed by atoms with E-state index < -0.39 is 124 Å². The molecule has 0 aromatic heterocycles. The summed E-state index contributed by atoms with van der Waals surface area (Å²) in [7, 11) is 0. The molecular formula is C74H133NO18. The number of hydrogen-bond donors (Lipinski definition) is 12. The van der Waals surface area contributed by atoms with Crippen molar-refractivity contribution in [1.82, 2.24) is 5.32 Å². The van der Waals surface area contributed by atoms with Crippen molar-refractivity contribution < 1.29 is 89.4 Å². The molecule has 3 heterocycles. The van der Waals surface area contributed by atoms with Gasteiger partial charge >= 0.3 is 0 Å². The predicted octanol–water partition coefficient (Wildman–Crippen LogP) is 10.7. The van der Waals surface area contributed by atoms with Gasteiger partial charge in [-0.1, -0.05) is 248 Å². The zero-order valence-electron chi connectivity index (χ0n) is 57.5. The van der Waals surface area contributed by atoms with Gasteiger partial charge in [0.15, 0.2) is 18.9 Å². The van der Waals surface area contributed by atoms with Gasteiger partial charge in [-0.05, 0) is 77.0 Å². The Bertz CT molecular complexity index is 1920. The van der Waals surface area contributed by atoms with Crippen LogP contribution in [0, 0.1) is 0 Å². The van der Waals surface area contributed by atoms with Crippen molar-refractivity contribution in [3.05, 3.63) is 60.8 Å². The lowest BCUT2D eigenvalue weighted by Crippen LogP contribution is -2.66. The summed E-state index contributed by atoms with van der Waals surface area (Å²) in [6, 6.07) is -1.00. The Morgan fingerprint density at radius 2 is 0.720 bits per heavy atom. The fourth-order valence-electron chi connectivity index (χ4n) is 12.3. The lowest BCUT2D eigenvalue weighted by Gasteiger charge is -2.48. The molecule has 17 atom stereocenters. The number of nitrogens with one attached hydrogen (secondary N) is 1. The van der Waals surface area contributed by atoms with E-state index in [-0.39, 0.29) is 18.9 Å². The van der Waals surface area contributed by atoms with Crippen LogP contribution < -0.4 is 5.32 Å². The molecule has 3 saturated heterocycles. The van der Waals surface area contributed by atoms with Gasteiger partial charge in [0, 0.05) is 6.42 Å². The number of amides is 1. The van der Waals surface area contributed by atoms with Gasteiger partial charge in [0.05, 0.1) is 38.6 Å². The lowest BCUT2D eigenvalue weighted by molar-refractivity contribution is -0.379. The zero-order valence-corrected chi connectivity index (χ0v) is 57.5. The molecule has 0 aliphatic carbocycles. The number of rotatable bonds is 57. The summed E-state index contributed by atoms with van der Waals surface area (Å²) in [6.45, 7) is 1.69. The molecule has 1 amide bonds. The molecule has 0 aromatic rings. The van der Waals surface area contributed by atoms with E-state index in [0.29, 0.717) is 12.8 Å². The van der Waals surface area contributed by atoms with Crippen LogP contribution in [0.1, 0.15) is 271 Å². The third kappa shape index (κ3) is 36.8. The number of allylic oxidation sites excluding steroid dienone is 9. The van der Waals surface area contributed by atoms with E-state index in [1.807, 2.05) is 6.08 Å². The van der Waals surface area contributed by atoms with Crippen LogP contribution in [0.5, 0.6) is 0 Å². The Morgan fingerprint density at radius 3 is 1.16 bits per heavy atom. The highest BCUT2D eigenvalue weighted by Crippen LogP contribution is 2.33. The van der Waals surface area contributed by atoms with Crippen molar-refractivity contribution in [2.24, 2.45) is 0 Å². The van der Waals surface area contributed by atoms with Crippen molar-refractivity contribution in [1.29, 1.82) is 0 Å². The summed E-state index contributed by atoms with van der Waals surface area (Å²) >= 11 is 0. The van der Waals surface area contributed by atoms with Gasteiger partial charge in [0.1, 0.15) is 73.2 Å². The smallest absolute Gasteiger partial charge is 0.220 e. The molecule has 12 N–H and O–H groups in total. The van der Waals surface area contributed by atoms with Gasteiger partial charge < -0.3 is 89.9 Å². The van der Waals surface area contributed by atoms with Crippen LogP contribution in [-0.4, -0.2) is 193 Å². The van der Waals surface area contributed by atoms with E-state index in [2.05, 4.69) is 67.8 Å². The molecule has 0 saturated carbocycles. The number of carbonyl (C=O) groups is 1. The second-order valence-corrected chi connectivity index (χ2v) is 26.4. The molecule has 3 aliphatic heterocycles. The normalized spacial score (nSPS) is 27.9. The highest BCUT2D eigenvalue weighted by molar-refractivity contribution is 5.76. The standard InChI is InChI=1S/C74H133NO18/c1-3-5-7-9-11-13-15-17-19-21-22-23-24-25-26-27-28-29-30-31-32-33-34-36-37-39-41-43-45-47-49-51-58(79)57(75-62(80)52-50-48-46-44-42-40-38-35-20-18-16-14-12-10-8-6-4-2)56-88-72-68(86)65(83)70(60(54-77)90-72)93-74-69(87)66(84)71(61(55-78)91-74)92-73-67(85)64(82)63(81)59(53-76)89-73/h12,14,18,20,34,36,41,43,49,51,57-61,63-74,76-79,81-87H,3-11,13,15-17,19,21-33,35,37-40,42,44-48,50,52-56H2,1-2H3,(H,75,80)/b14-12-,20-18-,36-34+,43-41+,51-49+. The van der Waals surface area contributed by atoms with Crippen molar-refractivity contribution in [2.75, 3.05) is 26.4 Å². The van der Waals surface area contributed by atoms with E-state index in [9.17, 15) is 61.0 Å². The first kappa shape index (κ1) is 84.7. The van der Waals surface area contributed by atoms with Crippen LogP contribution >= 0.6 is 0 Å². The number of aliphatic hydroxyl groups excluding tert-OH is 11. The number of unbranched alkanes of at least 4 members (excludes halogenated alkanes) is 33. The Hall–Kier alpha value is -2.51. The minimum atomic E-state index is -1.99. The minimum absolute atomic E-state index is 0.221. The fourth-order valence-corrected chi connectivity index (χ4v) is 12.3. The minimum Gasteiger partial charge on any atom is -0.394 e. The van der Waals surface area contributed by atoms with Crippen LogP contribution in [0.3, 0.4) is 0 Å². The molecule has 93 heavy (non-hydrogen) atoms. The largest absolute Gasteiger partial charge is 0.394 e. The Kier molecular flexibility index (Phi) is 50.4. The lowest BCUT2D eigenvalue weighted by atomic mass is 9.96. The summed E-state index contributed by atoms with van der Waals surface area (Å²) in [4.78, 5) is 13.4. The number of hydrogen-bond acceptors (Lipinski definition) is 18. The summed E-state index contributed by atoms with van der Waals surface area (Å²) < 4.78 is 34.3. The molecule has 3 aliphatic rings. The average Bonchev–Trinajstić information content (AvgIpc) is 0.815. The van der Waals surface area contributed by atoms with Crippen molar-refractivity contribution in [3.8, 4) is 0 Å². The van der Waals surface area contributed by atoms with Gasteiger partial charge in [-0.2, -0.15) is 0 Å². The Labute approximate surface area is 560 Å². The van der Waals surface area contributed by atoms with Gasteiger partial charge in [0.2, 0.25) is 5.91 Å². The van der Waals surface area contributed by atoms with Crippen LogP contribution in [0.4, 0.5) is 0 Å². The molecule has 0 aromatic carbocycles. The van der Waals surface area contributed by atoms with E-state index in [0.717, 1.165) is 83.5 Å². The SMILES string of the molecule is CCCCC/C=C\C/C=C\CCCCCCCCCC(=O)NC(COC1OC(CO)C(OC2OC(CO)C(OC3OC(CO)C(O)C(O)C3O)C(O)C2O)C(O)C1O)C(O)/C=C/CC/C=C/CC/C=C/CCCCCCCCCCCCCCCCCCCCCCC. The first-order valence-corrected chi connectivity index (χ1v) is 37.0. The molecule has 3 rings (SSSR count). The molecule has 19 heteroatoms. The summed E-state index contributed by atoms with van der Waals surface area (Å²) in [5.74, 6) is -0.298. The number of carbonyl (C=O) groups excluding carboxylic acids is 1. The molecule has 0 bridgehead atoms. The van der Waals surface area contributed by atoms with Crippen LogP contribution in [0.25, 0.3) is 0 Å². The first-order valence-electron chi connectivity index (χ1n) is 37.0. The van der Waals surface area contributed by atoms with Crippen LogP contribution in [0.15, 0.2) is 60.8 Å². The molecule has 0 spiro atoms. The summed E-state index contributed by atoms with van der Waals surface area (Å²) in [5.41, 5.74) is 0. The highest BCUT2D eigenvalue weighted by Gasteiger charge is 2.53. The summed E-state index contributed by atoms with van der Waals surface area (Å²) in [5, 5.41) is 121.